The van der Waals surface area contributed by atoms with Gasteiger partial charge in [-0.2, -0.15) is 10.1 Å². The maximum atomic E-state index is 12.5. The number of amidine groups is 1. The highest BCUT2D eigenvalue weighted by molar-refractivity contribution is 14.1. The molecule has 0 radical (unpaired) electrons. The molecule has 0 unspecified atom stereocenters. The van der Waals surface area contributed by atoms with Crippen molar-refractivity contribution in [3.63, 3.8) is 0 Å². The average Bonchev–Trinajstić information content (AvgIpc) is 3.46. The van der Waals surface area contributed by atoms with E-state index in [9.17, 15) is 18.0 Å². The van der Waals surface area contributed by atoms with Crippen LogP contribution in [0.1, 0.15) is 16.7 Å². The molecule has 204 valence electrons. The lowest BCUT2D eigenvalue weighted by molar-refractivity contribution is -0.274. The number of carbonyl (C=O) groups is 1. The van der Waals surface area contributed by atoms with Gasteiger partial charge in [0.15, 0.2) is 14.8 Å². The summed E-state index contributed by atoms with van der Waals surface area (Å²) >= 11 is 3.35. The van der Waals surface area contributed by atoms with Gasteiger partial charge in [0.05, 0.1) is 23.3 Å². The second kappa shape index (κ2) is 11.4. The molecule has 1 aliphatic heterocycles. The largest absolute Gasteiger partial charge is 0.573 e. The van der Waals surface area contributed by atoms with E-state index in [0.717, 1.165) is 27.9 Å². The lowest BCUT2D eigenvalue weighted by Crippen LogP contribution is -2.23. The number of aliphatic imine (C=N–C) groups is 1. The Morgan fingerprint density at radius 3 is 2.35 bits per heavy atom. The van der Waals surface area contributed by atoms with Crippen molar-refractivity contribution in [2.75, 3.05) is 5.75 Å². The first-order chi connectivity index (χ1) is 19.1. The summed E-state index contributed by atoms with van der Waals surface area (Å²) in [6.45, 7) is 3.95. The van der Waals surface area contributed by atoms with E-state index in [4.69, 9.17) is 4.99 Å². The van der Waals surface area contributed by atoms with Crippen LogP contribution in [-0.4, -0.2) is 49.2 Å². The molecule has 0 spiro atoms. The highest BCUT2D eigenvalue weighted by Gasteiger charge is 2.31. The lowest BCUT2D eigenvalue weighted by atomic mass is 10.1. The molecule has 40 heavy (non-hydrogen) atoms. The van der Waals surface area contributed by atoms with E-state index in [-0.39, 0.29) is 17.4 Å². The van der Waals surface area contributed by atoms with E-state index in [2.05, 4.69) is 19.9 Å². The second-order valence-corrected chi connectivity index (χ2v) is 10.6. The van der Waals surface area contributed by atoms with Gasteiger partial charge >= 0.3 is 6.36 Å². The van der Waals surface area contributed by atoms with Crippen LogP contribution < -0.4 is 4.74 Å². The summed E-state index contributed by atoms with van der Waals surface area (Å²) in [4.78, 5) is 21.6. The number of hydrazone groups is 1. The van der Waals surface area contributed by atoms with Crippen LogP contribution in [0.5, 0.6) is 5.75 Å². The number of aryl methyl sites for hydroxylation is 2. The van der Waals surface area contributed by atoms with Crippen LogP contribution in [0, 0.1) is 17.7 Å². The third-order valence-electron chi connectivity index (χ3n) is 5.76. The van der Waals surface area contributed by atoms with Gasteiger partial charge in [-0.15, -0.1) is 18.3 Å². The van der Waals surface area contributed by atoms with Crippen molar-refractivity contribution in [3.8, 4) is 22.8 Å². The molecule has 2 heterocycles. The Bertz CT molecular complexity index is 1600. The molecular formula is C27H20F3IN6O2S. The number of benzene rings is 3. The van der Waals surface area contributed by atoms with Gasteiger partial charge in [0, 0.05) is 28.2 Å². The van der Waals surface area contributed by atoms with Crippen LogP contribution in [0.2, 0.25) is 0 Å². The van der Waals surface area contributed by atoms with Gasteiger partial charge < -0.3 is 4.74 Å². The molecule has 1 saturated heterocycles. The lowest BCUT2D eigenvalue weighted by Gasteiger charge is -2.11. The highest BCUT2D eigenvalue weighted by Crippen LogP contribution is 2.29. The zero-order chi connectivity index (χ0) is 28.4. The Hall–Kier alpha value is -3.72. The van der Waals surface area contributed by atoms with Crippen LogP contribution in [0.25, 0.3) is 17.1 Å². The fraction of sp³-hybridized carbons (Fsp3) is 0.148. The number of ether oxygens (including phenoxy) is 1. The number of alkyl halides is 3. The number of carbonyl (C=O) groups excluding carboxylic acids is 1. The fourth-order valence-electron chi connectivity index (χ4n) is 3.84. The minimum Gasteiger partial charge on any atom is -0.406 e. The normalized spacial score (nSPS) is 15.0. The quantitative estimate of drug-likeness (QED) is 0.169. The molecular weight excluding hydrogens is 656 g/mol. The molecule has 0 aliphatic carbocycles. The van der Waals surface area contributed by atoms with Crippen LogP contribution in [0.15, 0.2) is 76.8 Å². The predicted octanol–water partition coefficient (Wildman–Crippen LogP) is 6.65. The number of nitrogens with zero attached hydrogens (tertiary/aromatic N) is 6. The van der Waals surface area contributed by atoms with Gasteiger partial charge in [-0.05, 0) is 54.8 Å². The molecule has 0 atom stereocenters. The SMILES string of the molecule is Cc1cccc(C)c1/N=C1\SCC(=O)N1/N=C/c1ccc(-c2nc(I)n(-c3ccc(OC(F)(F)F)cc3)n2)cc1. The summed E-state index contributed by atoms with van der Waals surface area (Å²) in [6.07, 6.45) is -3.17. The van der Waals surface area contributed by atoms with Gasteiger partial charge in [0.25, 0.3) is 5.91 Å². The summed E-state index contributed by atoms with van der Waals surface area (Å²) in [7, 11) is 0. The van der Waals surface area contributed by atoms with Crippen LogP contribution >= 0.6 is 34.4 Å². The van der Waals surface area contributed by atoms with Gasteiger partial charge in [-0.3, -0.25) is 4.79 Å². The maximum absolute atomic E-state index is 12.5. The van der Waals surface area contributed by atoms with Crippen molar-refractivity contribution >= 4 is 57.3 Å². The van der Waals surface area contributed by atoms with Crippen molar-refractivity contribution in [1.29, 1.82) is 0 Å². The number of para-hydroxylation sites is 1. The van der Waals surface area contributed by atoms with E-state index in [1.165, 1.54) is 45.7 Å². The Morgan fingerprint density at radius 1 is 1.02 bits per heavy atom. The van der Waals surface area contributed by atoms with E-state index < -0.39 is 6.36 Å². The van der Waals surface area contributed by atoms with Gasteiger partial charge in [0.1, 0.15) is 5.75 Å². The zero-order valence-electron chi connectivity index (χ0n) is 21.1. The Labute approximate surface area is 245 Å². The Balaban J connectivity index is 1.32. The van der Waals surface area contributed by atoms with E-state index in [1.54, 1.807) is 6.21 Å². The topological polar surface area (TPSA) is 85.0 Å². The minimum atomic E-state index is -4.76. The number of rotatable bonds is 6. The molecule has 5 rings (SSSR count). The fourth-order valence-corrected chi connectivity index (χ4v) is 5.25. The average molecular weight is 676 g/mol. The van der Waals surface area contributed by atoms with Crippen molar-refractivity contribution < 1.29 is 22.7 Å². The second-order valence-electron chi connectivity index (χ2n) is 8.65. The summed E-state index contributed by atoms with van der Waals surface area (Å²) in [5, 5.41) is 10.7. The number of aromatic nitrogens is 3. The summed E-state index contributed by atoms with van der Waals surface area (Å²) in [5.41, 5.74) is 4.89. The van der Waals surface area contributed by atoms with Crippen LogP contribution in [0.3, 0.4) is 0 Å². The molecule has 0 bridgehead atoms. The monoisotopic (exact) mass is 676 g/mol. The third kappa shape index (κ3) is 6.36. The van der Waals surface area contributed by atoms with Crippen molar-refractivity contribution in [2.24, 2.45) is 10.1 Å². The molecule has 1 fully saturated rings. The van der Waals surface area contributed by atoms with Crippen LogP contribution in [0.4, 0.5) is 18.9 Å². The summed E-state index contributed by atoms with van der Waals surface area (Å²) in [5.74, 6) is 0.245. The molecule has 1 aromatic heterocycles. The number of thioether (sulfide) groups is 1. The Kier molecular flexibility index (Phi) is 7.94. The summed E-state index contributed by atoms with van der Waals surface area (Å²) < 4.78 is 43.3. The van der Waals surface area contributed by atoms with E-state index in [1.807, 2.05) is 78.9 Å². The molecule has 13 heteroatoms. The standard InChI is InChI=1S/C27H20F3IN6O2S/c1-16-4-3-5-17(2)23(16)33-26-37(22(38)15-40-26)32-14-18-6-8-19(9-7-18)24-34-25(31)36(35-24)20-10-12-21(13-11-20)39-27(28,29)30/h3-14H,15H2,1-2H3/b32-14+,33-26-. The van der Waals surface area contributed by atoms with E-state index in [0.29, 0.717) is 20.5 Å². The first-order valence-corrected chi connectivity index (χ1v) is 13.9. The third-order valence-corrected chi connectivity index (χ3v) is 7.37. The first-order valence-electron chi connectivity index (χ1n) is 11.8. The smallest absolute Gasteiger partial charge is 0.406 e. The van der Waals surface area contributed by atoms with Crippen molar-refractivity contribution in [2.45, 2.75) is 20.2 Å². The van der Waals surface area contributed by atoms with Crippen molar-refractivity contribution in [3.05, 3.63) is 87.3 Å². The van der Waals surface area contributed by atoms with E-state index >= 15 is 0 Å². The minimum absolute atomic E-state index is 0.148. The number of hydrogen-bond donors (Lipinski definition) is 0. The summed E-state index contributed by atoms with van der Waals surface area (Å²) in [6, 6.07) is 18.6. The number of halogens is 4. The molecule has 0 N–H and O–H groups in total. The molecule has 3 aromatic carbocycles. The van der Waals surface area contributed by atoms with Crippen LogP contribution in [-0.2, 0) is 4.79 Å². The Morgan fingerprint density at radius 2 is 1.70 bits per heavy atom. The molecule has 1 aliphatic rings. The van der Waals surface area contributed by atoms with Crippen molar-refractivity contribution in [1.82, 2.24) is 19.8 Å². The van der Waals surface area contributed by atoms with Gasteiger partial charge in [-0.25, -0.2) is 14.7 Å². The predicted molar refractivity (Wildman–Crippen MR) is 156 cm³/mol. The number of amides is 1. The first kappa shape index (κ1) is 27.8. The molecule has 4 aromatic rings. The molecule has 8 nitrogen and oxygen atoms in total. The number of hydrogen-bond acceptors (Lipinski definition) is 7. The molecule has 1 amide bonds. The maximum Gasteiger partial charge on any atom is 0.573 e. The zero-order valence-corrected chi connectivity index (χ0v) is 24.0. The van der Waals surface area contributed by atoms with Gasteiger partial charge in [-0.1, -0.05) is 54.2 Å². The molecule has 0 saturated carbocycles. The highest BCUT2D eigenvalue weighted by atomic mass is 127. The van der Waals surface area contributed by atoms with Gasteiger partial charge in [0.2, 0.25) is 0 Å².